The molecule has 0 fully saturated rings. The molecule has 6 nitrogen and oxygen atoms in total. The molecule has 112 valence electrons. The molecule has 2 rings (SSSR count). The second kappa shape index (κ2) is 7.24. The fourth-order valence-electron chi connectivity index (χ4n) is 1.86. The van der Waals surface area contributed by atoms with Gasteiger partial charge in [-0.15, -0.1) is 10.2 Å². The van der Waals surface area contributed by atoms with Crippen LogP contribution < -0.4 is 5.32 Å². The van der Waals surface area contributed by atoms with Crippen molar-refractivity contribution in [1.29, 1.82) is 0 Å². The Labute approximate surface area is 127 Å². The van der Waals surface area contributed by atoms with E-state index in [0.717, 1.165) is 27.9 Å². The van der Waals surface area contributed by atoms with Crippen LogP contribution in [0.3, 0.4) is 0 Å². The van der Waals surface area contributed by atoms with Gasteiger partial charge in [0.2, 0.25) is 0 Å². The van der Waals surface area contributed by atoms with E-state index in [1.54, 1.807) is 11.8 Å². The van der Waals surface area contributed by atoms with Crippen LogP contribution in [-0.2, 0) is 30.6 Å². The summed E-state index contributed by atoms with van der Waals surface area (Å²) in [6.07, 6.45) is 0.0596. The number of aromatic nitrogens is 3. The molecule has 1 heterocycles. The Morgan fingerprint density at radius 3 is 2.57 bits per heavy atom. The predicted molar refractivity (Wildman–Crippen MR) is 81.1 cm³/mol. The number of aliphatic carboxylic acids is 1. The highest BCUT2D eigenvalue weighted by atomic mass is 32.2. The molecule has 0 saturated carbocycles. The summed E-state index contributed by atoms with van der Waals surface area (Å²) in [5, 5.41) is 21.0. The van der Waals surface area contributed by atoms with Crippen LogP contribution in [0, 0.1) is 0 Å². The first-order valence-electron chi connectivity index (χ1n) is 6.55. The van der Waals surface area contributed by atoms with E-state index in [1.807, 2.05) is 42.9 Å². The minimum Gasteiger partial charge on any atom is -0.481 e. The molecule has 1 aromatic carbocycles. The standard InChI is InChI=1S/C14H18N4O2S/c1-15-8-12-16-17-14(18(12)2)21-9-11-5-3-10(4-6-11)7-13(19)20/h3-6,15H,7-9H2,1-2H3,(H,19,20). The van der Waals surface area contributed by atoms with Crippen LogP contribution in [0.1, 0.15) is 17.0 Å². The van der Waals surface area contributed by atoms with Gasteiger partial charge in [0.05, 0.1) is 13.0 Å². The maximum atomic E-state index is 10.6. The lowest BCUT2D eigenvalue weighted by molar-refractivity contribution is -0.136. The van der Waals surface area contributed by atoms with Crippen LogP contribution >= 0.6 is 11.8 Å². The van der Waals surface area contributed by atoms with Gasteiger partial charge < -0.3 is 15.0 Å². The zero-order valence-corrected chi connectivity index (χ0v) is 12.9. The Hall–Kier alpha value is -1.86. The molecule has 0 aliphatic heterocycles. The minimum atomic E-state index is -0.812. The zero-order chi connectivity index (χ0) is 15.2. The summed E-state index contributed by atoms with van der Waals surface area (Å²) in [7, 11) is 3.82. The molecule has 0 spiro atoms. The third kappa shape index (κ3) is 4.30. The maximum absolute atomic E-state index is 10.6. The molecular formula is C14H18N4O2S. The molecule has 2 N–H and O–H groups in total. The SMILES string of the molecule is CNCc1nnc(SCc2ccc(CC(=O)O)cc2)n1C. The second-order valence-electron chi connectivity index (χ2n) is 4.66. The molecule has 2 aromatic rings. The zero-order valence-electron chi connectivity index (χ0n) is 12.0. The van der Waals surface area contributed by atoms with Gasteiger partial charge in [0, 0.05) is 12.8 Å². The summed E-state index contributed by atoms with van der Waals surface area (Å²) in [5.41, 5.74) is 1.94. The average molecular weight is 306 g/mol. The number of thioether (sulfide) groups is 1. The number of carboxylic acids is 1. The number of nitrogens with one attached hydrogen (secondary N) is 1. The lowest BCUT2D eigenvalue weighted by Gasteiger charge is -2.04. The van der Waals surface area contributed by atoms with Crippen LogP contribution in [0.5, 0.6) is 0 Å². The van der Waals surface area contributed by atoms with Crippen molar-refractivity contribution in [3.8, 4) is 0 Å². The van der Waals surface area contributed by atoms with Crippen LogP contribution in [0.2, 0.25) is 0 Å². The molecular weight excluding hydrogens is 288 g/mol. The number of hydrogen-bond acceptors (Lipinski definition) is 5. The van der Waals surface area contributed by atoms with Crippen LogP contribution in [0.4, 0.5) is 0 Å². The van der Waals surface area contributed by atoms with Gasteiger partial charge in [-0.25, -0.2) is 0 Å². The molecule has 1 aromatic heterocycles. The normalized spacial score (nSPS) is 10.8. The number of carbonyl (C=O) groups is 1. The molecule has 0 atom stereocenters. The number of carboxylic acid groups (broad SMARTS) is 1. The molecule has 0 amide bonds. The molecule has 0 radical (unpaired) electrons. The average Bonchev–Trinajstić information content (AvgIpc) is 2.79. The van der Waals surface area contributed by atoms with Crippen LogP contribution in [0.25, 0.3) is 0 Å². The van der Waals surface area contributed by atoms with Crippen LogP contribution in [-0.4, -0.2) is 32.9 Å². The van der Waals surface area contributed by atoms with Gasteiger partial charge in [0.25, 0.3) is 0 Å². The molecule has 0 unspecified atom stereocenters. The summed E-state index contributed by atoms with van der Waals surface area (Å²) in [5.74, 6) is 0.865. The number of benzene rings is 1. The fraction of sp³-hybridized carbons (Fsp3) is 0.357. The van der Waals surface area contributed by atoms with Crippen molar-refractivity contribution >= 4 is 17.7 Å². The maximum Gasteiger partial charge on any atom is 0.307 e. The molecule has 7 heteroatoms. The third-order valence-corrected chi connectivity index (χ3v) is 4.10. The smallest absolute Gasteiger partial charge is 0.307 e. The highest BCUT2D eigenvalue weighted by molar-refractivity contribution is 7.98. The van der Waals surface area contributed by atoms with E-state index in [-0.39, 0.29) is 6.42 Å². The van der Waals surface area contributed by atoms with Gasteiger partial charge >= 0.3 is 5.97 Å². The highest BCUT2D eigenvalue weighted by Crippen LogP contribution is 2.21. The Bertz CT molecular complexity index is 610. The largest absolute Gasteiger partial charge is 0.481 e. The molecule has 21 heavy (non-hydrogen) atoms. The van der Waals surface area contributed by atoms with E-state index in [9.17, 15) is 4.79 Å². The summed E-state index contributed by atoms with van der Waals surface area (Å²) in [4.78, 5) is 10.6. The first-order valence-corrected chi connectivity index (χ1v) is 7.54. The van der Waals surface area contributed by atoms with E-state index >= 15 is 0 Å². The molecule has 0 aliphatic rings. The molecule has 0 aliphatic carbocycles. The molecule has 0 bridgehead atoms. The van der Waals surface area contributed by atoms with Gasteiger partial charge in [-0.05, 0) is 18.2 Å². The van der Waals surface area contributed by atoms with Gasteiger partial charge in [-0.1, -0.05) is 36.0 Å². The minimum absolute atomic E-state index is 0.0596. The van der Waals surface area contributed by atoms with Gasteiger partial charge in [0.1, 0.15) is 5.82 Å². The highest BCUT2D eigenvalue weighted by Gasteiger charge is 2.08. The van der Waals surface area contributed by atoms with E-state index in [2.05, 4.69) is 15.5 Å². The van der Waals surface area contributed by atoms with Crippen molar-refractivity contribution in [3.63, 3.8) is 0 Å². The topological polar surface area (TPSA) is 80.0 Å². The van der Waals surface area contributed by atoms with E-state index < -0.39 is 5.97 Å². The van der Waals surface area contributed by atoms with Crippen molar-refractivity contribution < 1.29 is 9.90 Å². The Morgan fingerprint density at radius 1 is 1.29 bits per heavy atom. The predicted octanol–water partition coefficient (Wildman–Crippen LogP) is 1.45. The number of hydrogen-bond donors (Lipinski definition) is 2. The summed E-state index contributed by atoms with van der Waals surface area (Å²) >= 11 is 1.61. The van der Waals surface area contributed by atoms with Crippen LogP contribution in [0.15, 0.2) is 29.4 Å². The first-order chi connectivity index (χ1) is 10.1. The van der Waals surface area contributed by atoms with Crippen molar-refractivity contribution in [2.45, 2.75) is 23.9 Å². The summed E-state index contributed by atoms with van der Waals surface area (Å²) in [6, 6.07) is 7.62. The Kier molecular flexibility index (Phi) is 5.35. The molecule has 0 saturated heterocycles. The Morgan fingerprint density at radius 2 is 1.95 bits per heavy atom. The quantitative estimate of drug-likeness (QED) is 0.754. The second-order valence-corrected chi connectivity index (χ2v) is 5.61. The van der Waals surface area contributed by atoms with Gasteiger partial charge in [0.15, 0.2) is 5.16 Å². The van der Waals surface area contributed by atoms with E-state index in [4.69, 9.17) is 5.11 Å². The van der Waals surface area contributed by atoms with E-state index in [1.165, 1.54) is 0 Å². The van der Waals surface area contributed by atoms with E-state index in [0.29, 0.717) is 6.54 Å². The van der Waals surface area contributed by atoms with Gasteiger partial charge in [-0.2, -0.15) is 0 Å². The Balaban J connectivity index is 1.95. The number of nitrogens with zero attached hydrogens (tertiary/aromatic N) is 3. The summed E-state index contributed by atoms with van der Waals surface area (Å²) in [6.45, 7) is 0.688. The summed E-state index contributed by atoms with van der Waals surface area (Å²) < 4.78 is 1.97. The lowest BCUT2D eigenvalue weighted by Crippen LogP contribution is -2.10. The third-order valence-electron chi connectivity index (χ3n) is 3.01. The number of rotatable bonds is 7. The van der Waals surface area contributed by atoms with Gasteiger partial charge in [-0.3, -0.25) is 4.79 Å². The van der Waals surface area contributed by atoms with Crippen molar-refractivity contribution in [3.05, 3.63) is 41.2 Å². The first kappa shape index (κ1) is 15.5. The lowest BCUT2D eigenvalue weighted by atomic mass is 10.1. The van der Waals surface area contributed by atoms with Crippen molar-refractivity contribution in [2.24, 2.45) is 7.05 Å². The van der Waals surface area contributed by atoms with Crippen molar-refractivity contribution in [1.82, 2.24) is 20.1 Å². The fourth-order valence-corrected chi connectivity index (χ4v) is 2.74. The van der Waals surface area contributed by atoms with Crippen molar-refractivity contribution in [2.75, 3.05) is 7.05 Å². The monoisotopic (exact) mass is 306 g/mol.